The van der Waals surface area contributed by atoms with Crippen molar-refractivity contribution in [1.29, 1.82) is 0 Å². The maximum atomic E-state index is 13.6. The number of nitrogens with zero attached hydrogens (tertiary/aromatic N) is 2. The Morgan fingerprint density at radius 2 is 2.00 bits per heavy atom. The number of hydrogen-bond donors (Lipinski definition) is 1. The van der Waals surface area contributed by atoms with E-state index in [4.69, 9.17) is 16.6 Å². The van der Waals surface area contributed by atoms with Crippen LogP contribution in [0.2, 0.25) is 5.02 Å². The number of halogens is 1. The molecule has 4 rings (SSSR count). The van der Waals surface area contributed by atoms with Crippen molar-refractivity contribution in [3.05, 3.63) is 50.1 Å². The number of thioether (sulfide) groups is 1. The van der Waals surface area contributed by atoms with Crippen LogP contribution >= 0.6 is 34.7 Å². The number of aromatic nitrogens is 2. The van der Waals surface area contributed by atoms with Crippen LogP contribution in [0.1, 0.15) is 37.1 Å². The molecule has 0 fully saturated rings. The highest BCUT2D eigenvalue weighted by atomic mass is 35.5. The smallest absolute Gasteiger partial charge is 0.267 e. The molecule has 0 atom stereocenters. The first-order valence-electron chi connectivity index (χ1n) is 10.2. The third-order valence-corrected chi connectivity index (χ3v) is 7.46. The van der Waals surface area contributed by atoms with E-state index in [0.717, 1.165) is 41.5 Å². The fraction of sp³-hybridized carbons (Fsp3) is 0.409. The maximum absolute atomic E-state index is 13.6. The molecule has 5 nitrogen and oxygen atoms in total. The molecule has 1 amide bonds. The maximum Gasteiger partial charge on any atom is 0.267 e. The molecule has 30 heavy (non-hydrogen) atoms. The Morgan fingerprint density at radius 1 is 1.27 bits per heavy atom. The first-order chi connectivity index (χ1) is 14.4. The first-order valence-corrected chi connectivity index (χ1v) is 12.3. The summed E-state index contributed by atoms with van der Waals surface area (Å²) in [5.74, 6) is 0.540. The Kier molecular flexibility index (Phi) is 6.51. The van der Waals surface area contributed by atoms with E-state index in [9.17, 15) is 9.59 Å². The number of thiophene rings is 1. The first kappa shape index (κ1) is 21.4. The number of carbonyl (C=O) groups excluding carboxylic acids is 1. The van der Waals surface area contributed by atoms with Gasteiger partial charge in [-0.05, 0) is 61.4 Å². The van der Waals surface area contributed by atoms with Gasteiger partial charge >= 0.3 is 0 Å². The lowest BCUT2D eigenvalue weighted by Gasteiger charge is -2.14. The fourth-order valence-electron chi connectivity index (χ4n) is 3.60. The molecule has 1 aliphatic carbocycles. The predicted octanol–water partition coefficient (Wildman–Crippen LogP) is 4.84. The molecule has 8 heteroatoms. The van der Waals surface area contributed by atoms with Crippen LogP contribution in [-0.4, -0.2) is 27.8 Å². The molecular weight excluding hydrogens is 438 g/mol. The molecule has 1 aliphatic rings. The Morgan fingerprint density at radius 3 is 2.73 bits per heavy atom. The summed E-state index contributed by atoms with van der Waals surface area (Å²) >= 11 is 8.97. The number of carbonyl (C=O) groups is 1. The number of rotatable bonds is 6. The van der Waals surface area contributed by atoms with Gasteiger partial charge in [0.1, 0.15) is 4.83 Å². The number of nitrogens with one attached hydrogen (secondary N) is 1. The second kappa shape index (κ2) is 9.12. The minimum absolute atomic E-state index is 0.0591. The zero-order valence-corrected chi connectivity index (χ0v) is 19.4. The summed E-state index contributed by atoms with van der Waals surface area (Å²) in [5.41, 5.74) is 1.80. The van der Waals surface area contributed by atoms with Crippen molar-refractivity contribution >= 4 is 50.8 Å². The van der Waals surface area contributed by atoms with Crippen LogP contribution in [0.15, 0.2) is 34.2 Å². The van der Waals surface area contributed by atoms with Gasteiger partial charge in [0.25, 0.3) is 5.56 Å². The molecule has 0 saturated heterocycles. The van der Waals surface area contributed by atoms with E-state index < -0.39 is 0 Å². The highest BCUT2D eigenvalue weighted by molar-refractivity contribution is 7.99. The van der Waals surface area contributed by atoms with Gasteiger partial charge in [-0.1, -0.05) is 37.2 Å². The van der Waals surface area contributed by atoms with Crippen molar-refractivity contribution in [2.24, 2.45) is 5.92 Å². The largest absolute Gasteiger partial charge is 0.355 e. The van der Waals surface area contributed by atoms with Gasteiger partial charge in [0.2, 0.25) is 5.91 Å². The van der Waals surface area contributed by atoms with Gasteiger partial charge < -0.3 is 5.32 Å². The van der Waals surface area contributed by atoms with E-state index in [1.807, 2.05) is 12.1 Å². The topological polar surface area (TPSA) is 64.0 Å². The lowest BCUT2D eigenvalue weighted by Crippen LogP contribution is -2.29. The molecule has 0 radical (unpaired) electrons. The van der Waals surface area contributed by atoms with Crippen LogP contribution in [0.3, 0.4) is 0 Å². The van der Waals surface area contributed by atoms with Crippen LogP contribution in [0, 0.1) is 5.92 Å². The van der Waals surface area contributed by atoms with E-state index in [0.29, 0.717) is 28.3 Å². The normalized spacial score (nSPS) is 13.6. The third kappa shape index (κ3) is 4.43. The fourth-order valence-corrected chi connectivity index (χ4v) is 5.87. The van der Waals surface area contributed by atoms with E-state index in [-0.39, 0.29) is 17.2 Å². The quantitative estimate of drug-likeness (QED) is 0.421. The van der Waals surface area contributed by atoms with Gasteiger partial charge in [0.15, 0.2) is 5.16 Å². The van der Waals surface area contributed by atoms with Crippen molar-refractivity contribution < 1.29 is 4.79 Å². The average Bonchev–Trinajstić information content (AvgIpc) is 3.10. The lowest BCUT2D eigenvalue weighted by atomic mass is 9.97. The number of aryl methyl sites for hydroxylation is 2. The van der Waals surface area contributed by atoms with Crippen molar-refractivity contribution in [3.8, 4) is 5.69 Å². The van der Waals surface area contributed by atoms with Gasteiger partial charge in [-0.3, -0.25) is 14.2 Å². The molecule has 158 valence electrons. The molecule has 2 heterocycles. The Balaban J connectivity index is 1.77. The molecule has 0 saturated carbocycles. The summed E-state index contributed by atoms with van der Waals surface area (Å²) in [6.45, 7) is 4.74. The van der Waals surface area contributed by atoms with Gasteiger partial charge in [-0.25, -0.2) is 4.98 Å². The van der Waals surface area contributed by atoms with Crippen molar-refractivity contribution in [3.63, 3.8) is 0 Å². The summed E-state index contributed by atoms with van der Waals surface area (Å²) in [7, 11) is 0. The molecule has 1 aromatic carbocycles. The number of hydrogen-bond acceptors (Lipinski definition) is 5. The highest BCUT2D eigenvalue weighted by Crippen LogP contribution is 2.35. The van der Waals surface area contributed by atoms with E-state index >= 15 is 0 Å². The van der Waals surface area contributed by atoms with Crippen molar-refractivity contribution in [2.45, 2.75) is 44.7 Å². The number of amides is 1. The van der Waals surface area contributed by atoms with Crippen molar-refractivity contribution in [2.75, 3.05) is 12.3 Å². The average molecular weight is 462 g/mol. The Labute approximate surface area is 188 Å². The highest BCUT2D eigenvalue weighted by Gasteiger charge is 2.23. The van der Waals surface area contributed by atoms with Crippen LogP contribution in [0.25, 0.3) is 15.9 Å². The second-order valence-electron chi connectivity index (χ2n) is 7.89. The van der Waals surface area contributed by atoms with E-state index in [1.165, 1.54) is 16.6 Å². The minimum Gasteiger partial charge on any atom is -0.355 e. The molecule has 0 aliphatic heterocycles. The summed E-state index contributed by atoms with van der Waals surface area (Å²) in [5, 5.41) is 4.80. The van der Waals surface area contributed by atoms with Crippen LogP contribution in [0.4, 0.5) is 0 Å². The predicted molar refractivity (Wildman–Crippen MR) is 125 cm³/mol. The standard InChI is InChI=1S/C22H24ClN3O2S2/c1-13(2)11-24-18(27)12-29-22-25-20-19(16-5-3-4-6-17(16)30-20)21(28)26(22)15-9-7-14(23)8-10-15/h7-10,13H,3-6,11-12H2,1-2H3,(H,24,27). The molecule has 1 N–H and O–H groups in total. The lowest BCUT2D eigenvalue weighted by molar-refractivity contribution is -0.118. The summed E-state index contributed by atoms with van der Waals surface area (Å²) in [6.07, 6.45) is 4.20. The molecule has 0 spiro atoms. The molecule has 0 bridgehead atoms. The Bertz CT molecular complexity index is 1140. The molecule has 0 unspecified atom stereocenters. The summed E-state index contributed by atoms with van der Waals surface area (Å²) in [4.78, 5) is 32.8. The zero-order chi connectivity index (χ0) is 21.3. The second-order valence-corrected chi connectivity index (χ2v) is 10.4. The van der Waals surface area contributed by atoms with Gasteiger partial charge in [-0.15, -0.1) is 11.3 Å². The zero-order valence-electron chi connectivity index (χ0n) is 17.0. The monoisotopic (exact) mass is 461 g/mol. The van der Waals surface area contributed by atoms with Gasteiger partial charge in [0.05, 0.1) is 16.8 Å². The Hall–Kier alpha value is -1.83. The van der Waals surface area contributed by atoms with Crippen molar-refractivity contribution in [1.82, 2.24) is 14.9 Å². The van der Waals surface area contributed by atoms with Crippen LogP contribution in [-0.2, 0) is 17.6 Å². The van der Waals surface area contributed by atoms with Crippen LogP contribution < -0.4 is 10.9 Å². The molecule has 3 aromatic rings. The summed E-state index contributed by atoms with van der Waals surface area (Å²) < 4.78 is 1.63. The van der Waals surface area contributed by atoms with E-state index in [1.54, 1.807) is 28.0 Å². The molecule has 2 aromatic heterocycles. The minimum atomic E-state index is -0.0631. The molecular formula is C22H24ClN3O2S2. The number of fused-ring (bicyclic) bond motifs is 3. The third-order valence-electron chi connectivity index (χ3n) is 5.08. The van der Waals surface area contributed by atoms with Crippen LogP contribution in [0.5, 0.6) is 0 Å². The van der Waals surface area contributed by atoms with Gasteiger partial charge in [0, 0.05) is 16.4 Å². The summed E-state index contributed by atoms with van der Waals surface area (Å²) in [6, 6.07) is 7.17. The van der Waals surface area contributed by atoms with E-state index in [2.05, 4.69) is 19.2 Å². The van der Waals surface area contributed by atoms with Gasteiger partial charge in [-0.2, -0.15) is 0 Å². The number of benzene rings is 1. The SMILES string of the molecule is CC(C)CNC(=O)CSc1nc2sc3c(c2c(=O)n1-c1ccc(Cl)cc1)CCCC3.